The van der Waals surface area contributed by atoms with Gasteiger partial charge in [-0.1, -0.05) is 13.8 Å². The Morgan fingerprint density at radius 1 is 1.38 bits per heavy atom. The van der Waals surface area contributed by atoms with Crippen molar-refractivity contribution in [1.82, 2.24) is 5.32 Å². The Bertz CT molecular complexity index is 328. The van der Waals surface area contributed by atoms with Crippen molar-refractivity contribution in [1.29, 1.82) is 0 Å². The zero-order chi connectivity index (χ0) is 12.0. The van der Waals surface area contributed by atoms with Crippen LogP contribution in [-0.2, 0) is 0 Å². The predicted octanol–water partition coefficient (Wildman–Crippen LogP) is 4.00. The van der Waals surface area contributed by atoms with E-state index in [-0.39, 0.29) is 11.9 Å². The second kappa shape index (κ2) is 6.92. The number of rotatable bonds is 6. The Labute approximate surface area is 102 Å². The van der Waals surface area contributed by atoms with Gasteiger partial charge in [0.15, 0.2) is 0 Å². The highest BCUT2D eigenvalue weighted by atomic mass is 32.2. The van der Waals surface area contributed by atoms with Gasteiger partial charge in [-0.15, -0.1) is 11.8 Å². The molecule has 1 nitrogen and oxygen atoms in total. The molecule has 1 atom stereocenters. The van der Waals surface area contributed by atoms with E-state index in [1.807, 2.05) is 6.07 Å². The molecule has 0 bridgehead atoms. The summed E-state index contributed by atoms with van der Waals surface area (Å²) in [5.41, 5.74) is 1.07. The second-order valence-corrected chi connectivity index (χ2v) is 5.10. The topological polar surface area (TPSA) is 12.0 Å². The maximum atomic E-state index is 13.2. The molecule has 0 aromatic heterocycles. The third-order valence-corrected chi connectivity index (χ3v) is 3.41. The van der Waals surface area contributed by atoms with Crippen molar-refractivity contribution >= 4 is 11.8 Å². The smallest absolute Gasteiger partial charge is 0.123 e. The number of hydrogen-bond acceptors (Lipinski definition) is 2. The highest BCUT2D eigenvalue weighted by Crippen LogP contribution is 2.28. The summed E-state index contributed by atoms with van der Waals surface area (Å²) in [6.45, 7) is 7.30. The van der Waals surface area contributed by atoms with E-state index in [2.05, 4.69) is 26.1 Å². The molecule has 16 heavy (non-hydrogen) atoms. The van der Waals surface area contributed by atoms with Crippen LogP contribution in [0.5, 0.6) is 0 Å². The number of halogens is 1. The van der Waals surface area contributed by atoms with Crippen LogP contribution in [0.15, 0.2) is 23.1 Å². The van der Waals surface area contributed by atoms with Crippen LogP contribution in [0, 0.1) is 5.82 Å². The lowest BCUT2D eigenvalue weighted by atomic mass is 10.1. The highest BCUT2D eigenvalue weighted by molar-refractivity contribution is 7.99. The van der Waals surface area contributed by atoms with Gasteiger partial charge in [0, 0.05) is 10.9 Å². The van der Waals surface area contributed by atoms with Crippen molar-refractivity contribution < 1.29 is 4.39 Å². The minimum atomic E-state index is -0.152. The van der Waals surface area contributed by atoms with Crippen LogP contribution in [0.25, 0.3) is 0 Å². The van der Waals surface area contributed by atoms with Gasteiger partial charge in [-0.05, 0) is 49.4 Å². The van der Waals surface area contributed by atoms with Gasteiger partial charge in [0.25, 0.3) is 0 Å². The fourth-order valence-corrected chi connectivity index (χ4v) is 2.49. The molecule has 1 aromatic carbocycles. The molecular formula is C13H20FNS. The van der Waals surface area contributed by atoms with Crippen LogP contribution in [-0.4, -0.2) is 12.3 Å². The lowest BCUT2D eigenvalue weighted by Crippen LogP contribution is -2.20. The van der Waals surface area contributed by atoms with Gasteiger partial charge < -0.3 is 5.32 Å². The average Bonchev–Trinajstić information content (AvgIpc) is 2.28. The van der Waals surface area contributed by atoms with E-state index in [1.165, 1.54) is 11.0 Å². The van der Waals surface area contributed by atoms with Crippen LogP contribution in [0.3, 0.4) is 0 Å². The minimum absolute atomic E-state index is 0.152. The van der Waals surface area contributed by atoms with Crippen molar-refractivity contribution in [3.63, 3.8) is 0 Å². The van der Waals surface area contributed by atoms with E-state index in [0.717, 1.165) is 24.3 Å². The molecule has 3 heteroatoms. The number of benzene rings is 1. The lowest BCUT2D eigenvalue weighted by molar-refractivity contribution is 0.554. The van der Waals surface area contributed by atoms with Gasteiger partial charge in [-0.25, -0.2) is 4.39 Å². The molecule has 0 saturated heterocycles. The third kappa shape index (κ3) is 3.80. The Balaban J connectivity index is 2.85. The van der Waals surface area contributed by atoms with Crippen LogP contribution < -0.4 is 5.32 Å². The lowest BCUT2D eigenvalue weighted by Gasteiger charge is -2.17. The van der Waals surface area contributed by atoms with Gasteiger partial charge in [0.05, 0.1) is 0 Å². The van der Waals surface area contributed by atoms with Crippen LogP contribution in [0.1, 0.15) is 38.8 Å². The molecule has 0 aliphatic carbocycles. The number of nitrogens with one attached hydrogen (secondary N) is 1. The Hall–Kier alpha value is -0.540. The van der Waals surface area contributed by atoms with Crippen molar-refractivity contribution in [2.75, 3.05) is 12.3 Å². The summed E-state index contributed by atoms with van der Waals surface area (Å²) >= 11 is 1.77. The zero-order valence-corrected chi connectivity index (χ0v) is 11.0. The molecular weight excluding hydrogens is 221 g/mol. The quantitative estimate of drug-likeness (QED) is 0.756. The van der Waals surface area contributed by atoms with Crippen molar-refractivity contribution in [3.8, 4) is 0 Å². The molecule has 0 heterocycles. The molecule has 1 N–H and O–H groups in total. The van der Waals surface area contributed by atoms with Gasteiger partial charge in [-0.3, -0.25) is 0 Å². The SMILES string of the molecule is CCCNC(C)c1cc(F)ccc1SCC. The summed E-state index contributed by atoms with van der Waals surface area (Å²) in [7, 11) is 0. The summed E-state index contributed by atoms with van der Waals surface area (Å²) in [4.78, 5) is 1.18. The third-order valence-electron chi connectivity index (χ3n) is 2.44. The summed E-state index contributed by atoms with van der Waals surface area (Å²) < 4.78 is 13.2. The van der Waals surface area contributed by atoms with Gasteiger partial charge in [-0.2, -0.15) is 0 Å². The maximum Gasteiger partial charge on any atom is 0.123 e. The molecule has 1 rings (SSSR count). The molecule has 1 aromatic rings. The monoisotopic (exact) mass is 241 g/mol. The fraction of sp³-hybridized carbons (Fsp3) is 0.538. The maximum absolute atomic E-state index is 13.2. The fourth-order valence-electron chi connectivity index (χ4n) is 1.62. The Kier molecular flexibility index (Phi) is 5.85. The predicted molar refractivity (Wildman–Crippen MR) is 69.5 cm³/mol. The van der Waals surface area contributed by atoms with E-state index in [9.17, 15) is 4.39 Å². The van der Waals surface area contributed by atoms with E-state index in [1.54, 1.807) is 17.8 Å². The molecule has 0 fully saturated rings. The highest BCUT2D eigenvalue weighted by Gasteiger charge is 2.10. The standard InChI is InChI=1S/C13H20FNS/c1-4-8-15-10(3)12-9-11(14)6-7-13(12)16-5-2/h6-7,9-10,15H,4-5,8H2,1-3H3. The molecule has 0 aliphatic rings. The number of hydrogen-bond donors (Lipinski definition) is 1. The van der Waals surface area contributed by atoms with Gasteiger partial charge in [0.1, 0.15) is 5.82 Å². The molecule has 0 amide bonds. The molecule has 0 spiro atoms. The number of thioether (sulfide) groups is 1. The second-order valence-electron chi connectivity index (χ2n) is 3.79. The van der Waals surface area contributed by atoms with Crippen molar-refractivity contribution in [3.05, 3.63) is 29.6 Å². The van der Waals surface area contributed by atoms with Gasteiger partial charge in [0.2, 0.25) is 0 Å². The minimum Gasteiger partial charge on any atom is -0.310 e. The van der Waals surface area contributed by atoms with E-state index >= 15 is 0 Å². The van der Waals surface area contributed by atoms with E-state index in [0.29, 0.717) is 0 Å². The van der Waals surface area contributed by atoms with Crippen molar-refractivity contribution in [2.45, 2.75) is 38.1 Å². The summed E-state index contributed by atoms with van der Waals surface area (Å²) in [5, 5.41) is 3.39. The van der Waals surface area contributed by atoms with E-state index < -0.39 is 0 Å². The van der Waals surface area contributed by atoms with Gasteiger partial charge >= 0.3 is 0 Å². The van der Waals surface area contributed by atoms with Crippen LogP contribution in [0.4, 0.5) is 4.39 Å². The zero-order valence-electron chi connectivity index (χ0n) is 10.2. The molecule has 0 radical (unpaired) electrons. The first-order chi connectivity index (χ1) is 7.69. The largest absolute Gasteiger partial charge is 0.310 e. The summed E-state index contributed by atoms with van der Waals surface area (Å²) in [5.74, 6) is 0.861. The normalized spacial score (nSPS) is 12.8. The Morgan fingerprint density at radius 3 is 2.75 bits per heavy atom. The average molecular weight is 241 g/mol. The molecule has 0 aliphatic heterocycles. The first-order valence-electron chi connectivity index (χ1n) is 5.84. The first-order valence-corrected chi connectivity index (χ1v) is 6.83. The summed E-state index contributed by atoms with van der Waals surface area (Å²) in [6.07, 6.45) is 1.09. The summed E-state index contributed by atoms with van der Waals surface area (Å²) in [6, 6.07) is 5.27. The van der Waals surface area contributed by atoms with E-state index in [4.69, 9.17) is 0 Å². The molecule has 90 valence electrons. The molecule has 1 unspecified atom stereocenters. The van der Waals surface area contributed by atoms with Crippen LogP contribution in [0.2, 0.25) is 0 Å². The van der Waals surface area contributed by atoms with Crippen LogP contribution >= 0.6 is 11.8 Å². The molecule has 0 saturated carbocycles. The first kappa shape index (κ1) is 13.5. The van der Waals surface area contributed by atoms with Crippen molar-refractivity contribution in [2.24, 2.45) is 0 Å². The Morgan fingerprint density at radius 2 is 2.12 bits per heavy atom.